The average Bonchev–Trinajstić information content (AvgIpc) is 2.54. The molecule has 2 aromatic heterocycles. The van der Waals surface area contributed by atoms with Crippen molar-refractivity contribution < 1.29 is 0 Å². The fourth-order valence-corrected chi connectivity index (χ4v) is 3.34. The first-order valence-corrected chi connectivity index (χ1v) is 8.85. The maximum absolute atomic E-state index is 12.2. The van der Waals surface area contributed by atoms with E-state index in [4.69, 9.17) is 9.97 Å². The van der Waals surface area contributed by atoms with Crippen LogP contribution in [0.15, 0.2) is 17.1 Å². The summed E-state index contributed by atoms with van der Waals surface area (Å²) in [6.07, 6.45) is 3.78. The summed E-state index contributed by atoms with van der Waals surface area (Å²) in [5.74, 6) is 1.87. The van der Waals surface area contributed by atoms with Gasteiger partial charge in [-0.3, -0.25) is 4.79 Å². The van der Waals surface area contributed by atoms with Gasteiger partial charge in [-0.25, -0.2) is 9.97 Å². The van der Waals surface area contributed by atoms with Gasteiger partial charge in [-0.15, -0.1) is 0 Å². The third-order valence-electron chi connectivity index (χ3n) is 4.69. The van der Waals surface area contributed by atoms with Gasteiger partial charge in [0.25, 0.3) is 5.56 Å². The van der Waals surface area contributed by atoms with E-state index in [1.807, 2.05) is 19.9 Å². The van der Waals surface area contributed by atoms with E-state index in [-0.39, 0.29) is 11.6 Å². The predicted molar refractivity (Wildman–Crippen MR) is 97.6 cm³/mol. The maximum Gasteiger partial charge on any atom is 0.261 e. The fraction of sp³-hybridized carbons (Fsp3) is 0.611. The summed E-state index contributed by atoms with van der Waals surface area (Å²) in [6.45, 7) is 10.7. The summed E-state index contributed by atoms with van der Waals surface area (Å²) < 4.78 is 0. The molecule has 0 bridgehead atoms. The van der Waals surface area contributed by atoms with Gasteiger partial charge in [0.1, 0.15) is 17.0 Å². The van der Waals surface area contributed by atoms with E-state index in [9.17, 15) is 4.79 Å². The Morgan fingerprint density at radius 3 is 2.54 bits per heavy atom. The number of rotatable bonds is 4. The van der Waals surface area contributed by atoms with E-state index in [1.165, 1.54) is 0 Å². The number of pyridine rings is 1. The number of fused-ring (bicyclic) bond motifs is 1. The predicted octanol–water partition coefficient (Wildman–Crippen LogP) is 2.73. The highest BCUT2D eigenvalue weighted by atomic mass is 16.1. The Hall–Kier alpha value is -1.95. The molecule has 1 fully saturated rings. The molecule has 6 nitrogen and oxygen atoms in total. The van der Waals surface area contributed by atoms with Crippen LogP contribution < -0.4 is 10.9 Å². The highest BCUT2D eigenvalue weighted by molar-refractivity contribution is 5.88. The lowest BCUT2D eigenvalue weighted by molar-refractivity contribution is 0.169. The quantitative estimate of drug-likeness (QED) is 0.902. The van der Waals surface area contributed by atoms with Crippen LogP contribution in [0.2, 0.25) is 0 Å². The molecule has 0 aromatic carbocycles. The van der Waals surface area contributed by atoms with Gasteiger partial charge in [-0.2, -0.15) is 0 Å². The second-order valence-electron chi connectivity index (χ2n) is 7.20. The van der Waals surface area contributed by atoms with E-state index >= 15 is 0 Å². The standard InChI is InChI=1S/C18H27N5O/c1-11(2)20-17-15-14(5-8-19-18(15)24)21-16(22-17)13-6-9-23(10-7-13)12(3)4/h5,8,11-13H,6-7,9-10H2,1-4H3,(H,19,24)(H,20,21,22). The fourth-order valence-electron chi connectivity index (χ4n) is 3.34. The highest BCUT2D eigenvalue weighted by Crippen LogP contribution is 2.29. The van der Waals surface area contributed by atoms with Crippen molar-refractivity contribution in [1.29, 1.82) is 0 Å². The summed E-state index contributed by atoms with van der Waals surface area (Å²) in [6, 6.07) is 2.65. The Morgan fingerprint density at radius 2 is 1.92 bits per heavy atom. The number of aromatic nitrogens is 3. The molecule has 0 atom stereocenters. The third-order valence-corrected chi connectivity index (χ3v) is 4.69. The number of likely N-dealkylation sites (tertiary alicyclic amines) is 1. The van der Waals surface area contributed by atoms with E-state index < -0.39 is 0 Å². The smallest absolute Gasteiger partial charge is 0.261 e. The minimum absolute atomic E-state index is 0.142. The van der Waals surface area contributed by atoms with E-state index in [2.05, 4.69) is 29.0 Å². The molecule has 0 unspecified atom stereocenters. The first kappa shape index (κ1) is 16.9. The van der Waals surface area contributed by atoms with Crippen molar-refractivity contribution in [3.8, 4) is 0 Å². The minimum Gasteiger partial charge on any atom is -0.367 e. The van der Waals surface area contributed by atoms with Crippen LogP contribution in [0.25, 0.3) is 10.9 Å². The normalized spacial score (nSPS) is 17.1. The number of H-pyrrole nitrogens is 1. The Morgan fingerprint density at radius 1 is 1.21 bits per heavy atom. The van der Waals surface area contributed by atoms with Crippen molar-refractivity contribution in [3.63, 3.8) is 0 Å². The third kappa shape index (κ3) is 3.43. The zero-order valence-corrected chi connectivity index (χ0v) is 15.0. The number of nitrogens with one attached hydrogen (secondary N) is 2. The van der Waals surface area contributed by atoms with Crippen LogP contribution in [0, 0.1) is 0 Å². The Balaban J connectivity index is 1.96. The van der Waals surface area contributed by atoms with Crippen LogP contribution in [-0.4, -0.2) is 45.0 Å². The van der Waals surface area contributed by atoms with Gasteiger partial charge in [-0.05, 0) is 59.7 Å². The number of aromatic amines is 1. The lowest BCUT2D eigenvalue weighted by Crippen LogP contribution is -2.38. The van der Waals surface area contributed by atoms with Gasteiger partial charge in [0, 0.05) is 24.2 Å². The molecule has 1 aliphatic rings. The number of nitrogens with zero attached hydrogens (tertiary/aromatic N) is 3. The Labute approximate surface area is 142 Å². The number of anilines is 1. The second-order valence-corrected chi connectivity index (χ2v) is 7.20. The Kier molecular flexibility index (Phi) is 4.85. The molecule has 0 spiro atoms. The van der Waals surface area contributed by atoms with Crippen LogP contribution >= 0.6 is 0 Å². The van der Waals surface area contributed by atoms with Crippen molar-refractivity contribution in [2.45, 2.75) is 58.5 Å². The average molecular weight is 329 g/mol. The van der Waals surface area contributed by atoms with E-state index in [0.29, 0.717) is 23.2 Å². The van der Waals surface area contributed by atoms with Crippen LogP contribution in [-0.2, 0) is 0 Å². The minimum atomic E-state index is -0.142. The number of hydrogen-bond donors (Lipinski definition) is 2. The molecule has 3 heterocycles. The molecule has 0 saturated carbocycles. The van der Waals surface area contributed by atoms with Crippen LogP contribution in [0.5, 0.6) is 0 Å². The van der Waals surface area contributed by atoms with E-state index in [1.54, 1.807) is 6.20 Å². The summed E-state index contributed by atoms with van der Waals surface area (Å²) in [5, 5.41) is 3.86. The second kappa shape index (κ2) is 6.89. The molecule has 24 heavy (non-hydrogen) atoms. The molecule has 130 valence electrons. The molecule has 1 aliphatic heterocycles. The lowest BCUT2D eigenvalue weighted by Gasteiger charge is -2.34. The van der Waals surface area contributed by atoms with Crippen LogP contribution in [0.1, 0.15) is 52.3 Å². The molecule has 2 aromatic rings. The van der Waals surface area contributed by atoms with Crippen molar-refractivity contribution in [3.05, 3.63) is 28.4 Å². The molecule has 2 N–H and O–H groups in total. The summed E-state index contributed by atoms with van der Waals surface area (Å²) in [5.41, 5.74) is 0.579. The highest BCUT2D eigenvalue weighted by Gasteiger charge is 2.25. The summed E-state index contributed by atoms with van der Waals surface area (Å²) in [4.78, 5) is 26.9. The van der Waals surface area contributed by atoms with Crippen LogP contribution in [0.3, 0.4) is 0 Å². The van der Waals surface area contributed by atoms with E-state index in [0.717, 1.165) is 37.3 Å². The van der Waals surface area contributed by atoms with Crippen LogP contribution in [0.4, 0.5) is 5.82 Å². The van der Waals surface area contributed by atoms with Gasteiger partial charge in [0.05, 0.1) is 5.52 Å². The molecule has 6 heteroatoms. The first-order chi connectivity index (χ1) is 11.5. The molecule has 0 aliphatic carbocycles. The van der Waals surface area contributed by atoms with Gasteiger partial charge in [-0.1, -0.05) is 0 Å². The van der Waals surface area contributed by atoms with Gasteiger partial charge in [0.2, 0.25) is 0 Å². The van der Waals surface area contributed by atoms with Crippen molar-refractivity contribution >= 4 is 16.7 Å². The topological polar surface area (TPSA) is 73.9 Å². The zero-order valence-electron chi connectivity index (χ0n) is 15.0. The van der Waals surface area contributed by atoms with Crippen molar-refractivity contribution in [2.24, 2.45) is 0 Å². The van der Waals surface area contributed by atoms with Crippen molar-refractivity contribution in [2.75, 3.05) is 18.4 Å². The summed E-state index contributed by atoms with van der Waals surface area (Å²) in [7, 11) is 0. The lowest BCUT2D eigenvalue weighted by atomic mass is 9.95. The van der Waals surface area contributed by atoms with Gasteiger partial charge in [0.15, 0.2) is 0 Å². The molecule has 0 amide bonds. The Bertz CT molecular complexity index is 760. The van der Waals surface area contributed by atoms with Gasteiger partial charge < -0.3 is 15.2 Å². The first-order valence-electron chi connectivity index (χ1n) is 8.85. The van der Waals surface area contributed by atoms with Gasteiger partial charge >= 0.3 is 0 Å². The SMILES string of the molecule is CC(C)Nc1nc(C2CCN(C(C)C)CC2)nc2cc[nH]c(=O)c12. The maximum atomic E-state index is 12.2. The largest absolute Gasteiger partial charge is 0.367 e. The van der Waals surface area contributed by atoms with Crippen molar-refractivity contribution in [1.82, 2.24) is 19.9 Å². The molecule has 1 saturated heterocycles. The molecular formula is C18H27N5O. The summed E-state index contributed by atoms with van der Waals surface area (Å²) >= 11 is 0. The monoisotopic (exact) mass is 329 g/mol. The number of hydrogen-bond acceptors (Lipinski definition) is 5. The zero-order chi connectivity index (χ0) is 17.3. The molecule has 3 rings (SSSR count). The number of piperidine rings is 1. The molecular weight excluding hydrogens is 302 g/mol. The molecule has 0 radical (unpaired) electrons.